The van der Waals surface area contributed by atoms with Gasteiger partial charge in [-0.15, -0.1) is 0 Å². The highest BCUT2D eigenvalue weighted by atomic mass is 35.5. The Morgan fingerprint density at radius 2 is 1.86 bits per heavy atom. The summed E-state index contributed by atoms with van der Waals surface area (Å²) in [7, 11) is 0. The van der Waals surface area contributed by atoms with Crippen LogP contribution in [0.4, 0.5) is 0 Å². The van der Waals surface area contributed by atoms with Crippen LogP contribution in [0.2, 0.25) is 0 Å². The predicted octanol–water partition coefficient (Wildman–Crippen LogP) is 0.842. The van der Waals surface area contributed by atoms with Gasteiger partial charge in [0, 0.05) is 0 Å². The van der Waals surface area contributed by atoms with E-state index in [1.807, 2.05) is 0 Å². The van der Waals surface area contributed by atoms with Crippen LogP contribution in [0, 0.1) is 5.92 Å². The molecule has 0 aliphatic heterocycles. The summed E-state index contributed by atoms with van der Waals surface area (Å²) in [5, 5.41) is 0. The zero-order valence-corrected chi connectivity index (χ0v) is 8.67. The molecular weight excluding hydrogens is 212 g/mol. The van der Waals surface area contributed by atoms with Gasteiger partial charge in [-0.25, -0.2) is 9.59 Å². The lowest BCUT2D eigenvalue weighted by Crippen LogP contribution is -2.31. The number of hydrogen-bond acceptors (Lipinski definition) is 5. The zero-order chi connectivity index (χ0) is 11.1. The summed E-state index contributed by atoms with van der Waals surface area (Å²) in [5.41, 5.74) is 0. The third-order valence-electron chi connectivity index (χ3n) is 1.56. The van der Waals surface area contributed by atoms with Crippen molar-refractivity contribution >= 4 is 29.6 Å². The van der Waals surface area contributed by atoms with E-state index in [4.69, 9.17) is 11.9 Å². The van der Waals surface area contributed by atoms with E-state index in [9.17, 15) is 14.4 Å². The topological polar surface area (TPSA) is 69.7 Å². The van der Waals surface area contributed by atoms with Crippen molar-refractivity contribution in [3.8, 4) is 0 Å². The Bertz CT molecular complexity index is 238. The van der Waals surface area contributed by atoms with Crippen LogP contribution in [0.25, 0.3) is 0 Å². The molecule has 0 radical (unpaired) electrons. The first kappa shape index (κ1) is 12.9. The molecule has 1 atom stereocenters. The fraction of sp³-hybridized carbons (Fsp3) is 0.625. The summed E-state index contributed by atoms with van der Waals surface area (Å²) in [6.45, 7) is 3.21. The number of carbonyl (C=O) groups excluding carboxylic acids is 3. The van der Waals surface area contributed by atoms with Crippen molar-refractivity contribution in [2.24, 2.45) is 5.92 Å². The molecule has 0 bridgehead atoms. The lowest BCUT2D eigenvalue weighted by Gasteiger charge is -2.08. The van der Waals surface area contributed by atoms with Crippen LogP contribution in [-0.4, -0.2) is 24.3 Å². The Kier molecular flexibility index (Phi) is 5.87. The quantitative estimate of drug-likeness (QED) is 0.392. The van der Waals surface area contributed by atoms with Crippen LogP contribution in [0.1, 0.15) is 20.3 Å². The summed E-state index contributed by atoms with van der Waals surface area (Å²) < 4.78 is 8.30. The first-order chi connectivity index (χ1) is 6.58. The van der Waals surface area contributed by atoms with Crippen molar-refractivity contribution in [3.05, 3.63) is 0 Å². The van der Waals surface area contributed by atoms with Gasteiger partial charge in [0.25, 0.3) is 5.78 Å². The van der Waals surface area contributed by atoms with E-state index >= 15 is 0 Å². The molecule has 0 aliphatic carbocycles. The molecule has 0 rings (SSSR count). The summed E-state index contributed by atoms with van der Waals surface area (Å²) in [4.78, 5) is 33.1. The van der Waals surface area contributed by atoms with Crippen LogP contribution in [0.5, 0.6) is 0 Å². The number of ketones is 1. The van der Waals surface area contributed by atoms with Crippen molar-refractivity contribution < 1.29 is 23.4 Å². The number of carbonyl (C=O) groups is 3. The molecule has 0 heterocycles. The van der Waals surface area contributed by atoms with E-state index in [1.54, 1.807) is 13.8 Å². The molecule has 0 amide bonds. The largest absolute Gasteiger partial charge is 0.460 e. The van der Waals surface area contributed by atoms with E-state index < -0.39 is 23.6 Å². The number of ether oxygens (including phenoxy) is 1. The molecule has 1 unspecified atom stereocenters. The molecular formula is C8H11ClO5. The number of hydrogen-bond donors (Lipinski definition) is 0. The Morgan fingerprint density at radius 1 is 1.29 bits per heavy atom. The third kappa shape index (κ3) is 3.33. The minimum Gasteiger partial charge on any atom is -0.460 e. The highest BCUT2D eigenvalue weighted by molar-refractivity contribution is 6.38. The third-order valence-corrected chi connectivity index (χ3v) is 1.71. The van der Waals surface area contributed by atoms with E-state index in [0.29, 0.717) is 0 Å². The molecule has 0 aromatic rings. The molecule has 0 aromatic heterocycles. The van der Waals surface area contributed by atoms with Crippen molar-refractivity contribution in [1.82, 2.24) is 0 Å². The lowest BCUT2D eigenvalue weighted by molar-refractivity contribution is -0.159. The maximum absolute atomic E-state index is 11.2. The van der Waals surface area contributed by atoms with E-state index in [1.165, 1.54) is 0 Å². The lowest BCUT2D eigenvalue weighted by atomic mass is 10.0. The Balaban J connectivity index is 4.46. The fourth-order valence-corrected chi connectivity index (χ4v) is 0.965. The summed E-state index contributed by atoms with van der Waals surface area (Å²) >= 11 is 4.80. The number of esters is 1. The second-order valence-electron chi connectivity index (χ2n) is 2.44. The van der Waals surface area contributed by atoms with Crippen molar-refractivity contribution in [2.45, 2.75) is 20.3 Å². The second kappa shape index (κ2) is 6.37. The molecule has 0 fully saturated rings. The fourth-order valence-electron chi connectivity index (χ4n) is 0.857. The summed E-state index contributed by atoms with van der Waals surface area (Å²) in [5.74, 6) is -4.08. The molecule has 0 spiro atoms. The standard InChI is InChI=1S/C8H11ClO5/c1-3-5(7(11)14-9)6(10)8(12)13-4-2/h5H,3-4H2,1-2H3. The number of rotatable bonds is 5. The van der Waals surface area contributed by atoms with E-state index in [0.717, 1.165) is 0 Å². The summed E-state index contributed by atoms with van der Waals surface area (Å²) in [6, 6.07) is 0. The molecule has 0 saturated carbocycles. The van der Waals surface area contributed by atoms with E-state index in [2.05, 4.69) is 9.03 Å². The van der Waals surface area contributed by atoms with Gasteiger partial charge in [-0.2, -0.15) is 0 Å². The van der Waals surface area contributed by atoms with Gasteiger partial charge in [0.2, 0.25) is 0 Å². The number of Topliss-reactive ketones (excluding diaryl/α,β-unsaturated/α-hetero) is 1. The number of halogens is 1. The van der Waals surface area contributed by atoms with Gasteiger partial charge >= 0.3 is 11.9 Å². The zero-order valence-electron chi connectivity index (χ0n) is 7.91. The van der Waals surface area contributed by atoms with Crippen LogP contribution in [0.15, 0.2) is 0 Å². The SMILES string of the molecule is CCOC(=O)C(=O)C(CC)C(=O)OCl. The van der Waals surface area contributed by atoms with Gasteiger partial charge in [0.05, 0.1) is 6.61 Å². The average molecular weight is 223 g/mol. The maximum atomic E-state index is 11.2. The normalized spacial score (nSPS) is 11.6. The van der Waals surface area contributed by atoms with Crippen LogP contribution in [0.3, 0.4) is 0 Å². The van der Waals surface area contributed by atoms with Gasteiger partial charge in [-0.1, -0.05) is 6.92 Å². The molecule has 0 aromatic carbocycles. The Morgan fingerprint density at radius 3 is 2.21 bits per heavy atom. The van der Waals surface area contributed by atoms with Crippen molar-refractivity contribution in [2.75, 3.05) is 6.61 Å². The first-order valence-corrected chi connectivity index (χ1v) is 4.42. The van der Waals surface area contributed by atoms with Gasteiger partial charge in [-0.3, -0.25) is 4.79 Å². The van der Waals surface area contributed by atoms with Crippen LogP contribution < -0.4 is 0 Å². The molecule has 14 heavy (non-hydrogen) atoms. The van der Waals surface area contributed by atoms with E-state index in [-0.39, 0.29) is 13.0 Å². The maximum Gasteiger partial charge on any atom is 0.375 e. The Hall–Kier alpha value is -1.10. The van der Waals surface area contributed by atoms with Gasteiger partial charge in [0.15, 0.2) is 0 Å². The molecule has 80 valence electrons. The minimum absolute atomic E-state index is 0.0803. The average Bonchev–Trinajstić information content (AvgIpc) is 2.18. The monoisotopic (exact) mass is 222 g/mol. The second-order valence-corrected chi connectivity index (χ2v) is 2.60. The smallest absolute Gasteiger partial charge is 0.375 e. The van der Waals surface area contributed by atoms with Gasteiger partial charge in [0.1, 0.15) is 17.8 Å². The molecule has 0 N–H and O–H groups in total. The highest BCUT2D eigenvalue weighted by Crippen LogP contribution is 2.09. The first-order valence-electron chi connectivity index (χ1n) is 4.11. The summed E-state index contributed by atoms with van der Waals surface area (Å²) in [6.07, 6.45) is 0.142. The Labute approximate surface area is 86.5 Å². The highest BCUT2D eigenvalue weighted by Gasteiger charge is 2.32. The van der Waals surface area contributed by atoms with Gasteiger partial charge in [-0.05, 0) is 13.3 Å². The van der Waals surface area contributed by atoms with Crippen molar-refractivity contribution in [1.29, 1.82) is 0 Å². The van der Waals surface area contributed by atoms with Crippen molar-refractivity contribution in [3.63, 3.8) is 0 Å². The molecule has 5 nitrogen and oxygen atoms in total. The molecule has 6 heteroatoms. The molecule has 0 aliphatic rings. The van der Waals surface area contributed by atoms with Crippen LogP contribution >= 0.6 is 11.9 Å². The predicted molar refractivity (Wildman–Crippen MR) is 47.4 cm³/mol. The molecule has 0 saturated heterocycles. The minimum atomic E-state index is -1.17. The van der Waals surface area contributed by atoms with Gasteiger partial charge < -0.3 is 9.03 Å². The van der Waals surface area contributed by atoms with Crippen LogP contribution in [-0.2, 0) is 23.4 Å².